The van der Waals surface area contributed by atoms with Gasteiger partial charge in [-0.25, -0.2) is 0 Å². The molecule has 7 heteroatoms. The van der Waals surface area contributed by atoms with E-state index in [1.54, 1.807) is 23.1 Å². The number of nitrogens with zero attached hydrogens (tertiary/aromatic N) is 2. The molecule has 1 fully saturated rings. The summed E-state index contributed by atoms with van der Waals surface area (Å²) in [5.41, 5.74) is 0.493. The average molecular weight is 279 g/mol. The molecule has 20 heavy (non-hydrogen) atoms. The Balaban J connectivity index is 1.95. The van der Waals surface area contributed by atoms with Gasteiger partial charge in [0.15, 0.2) is 0 Å². The molecule has 0 aliphatic carbocycles. The van der Waals surface area contributed by atoms with Gasteiger partial charge in [0, 0.05) is 32.6 Å². The molecular weight excluding hydrogens is 262 g/mol. The molecule has 1 amide bonds. The van der Waals surface area contributed by atoms with Crippen molar-refractivity contribution in [2.24, 2.45) is 0 Å². The van der Waals surface area contributed by atoms with E-state index in [-0.39, 0.29) is 17.7 Å². The third-order valence-corrected chi connectivity index (χ3v) is 3.21. The summed E-state index contributed by atoms with van der Waals surface area (Å²) in [5, 5.41) is 13.9. The van der Waals surface area contributed by atoms with Crippen molar-refractivity contribution in [1.82, 2.24) is 4.90 Å². The number of nitrogens with one attached hydrogen (secondary N) is 1. The Labute approximate surface area is 116 Å². The van der Waals surface area contributed by atoms with Gasteiger partial charge in [-0.3, -0.25) is 14.9 Å². The molecule has 1 N–H and O–H groups in total. The van der Waals surface area contributed by atoms with E-state index in [2.05, 4.69) is 5.32 Å². The van der Waals surface area contributed by atoms with E-state index >= 15 is 0 Å². The van der Waals surface area contributed by atoms with Gasteiger partial charge in [0.05, 0.1) is 17.6 Å². The first-order valence-corrected chi connectivity index (χ1v) is 6.42. The highest BCUT2D eigenvalue weighted by Gasteiger charge is 2.22. The van der Waals surface area contributed by atoms with Gasteiger partial charge in [-0.15, -0.1) is 0 Å². The van der Waals surface area contributed by atoms with Crippen molar-refractivity contribution in [3.8, 4) is 0 Å². The first-order chi connectivity index (χ1) is 9.58. The maximum Gasteiger partial charge on any atom is 0.292 e. The number of anilines is 1. The van der Waals surface area contributed by atoms with Gasteiger partial charge in [0.1, 0.15) is 5.69 Å². The van der Waals surface area contributed by atoms with Crippen LogP contribution in [0, 0.1) is 10.1 Å². The summed E-state index contributed by atoms with van der Waals surface area (Å²) < 4.78 is 5.55. The first-order valence-electron chi connectivity index (χ1n) is 6.42. The van der Waals surface area contributed by atoms with Gasteiger partial charge in [0.25, 0.3) is 5.69 Å². The predicted molar refractivity (Wildman–Crippen MR) is 73.6 cm³/mol. The third-order valence-electron chi connectivity index (χ3n) is 3.21. The molecule has 1 unspecified atom stereocenters. The molecule has 1 aromatic rings. The minimum absolute atomic E-state index is 0.0176. The molecule has 0 saturated carbocycles. The minimum atomic E-state index is -0.425. The molecule has 1 atom stereocenters. The standard InChI is InChI=1S/C13H17N3O4/c1-10(17)15-6-7-20-11(9-15)8-14-12-4-2-3-5-13(12)16(18)19/h2-5,11,14H,6-9H2,1H3. The second kappa shape index (κ2) is 6.33. The summed E-state index contributed by atoms with van der Waals surface area (Å²) in [6, 6.07) is 6.46. The molecule has 1 aliphatic rings. The number of hydrogen-bond donors (Lipinski definition) is 1. The van der Waals surface area contributed by atoms with Gasteiger partial charge < -0.3 is 15.0 Å². The van der Waals surface area contributed by atoms with Crippen LogP contribution < -0.4 is 5.32 Å². The van der Waals surface area contributed by atoms with Crippen molar-refractivity contribution < 1.29 is 14.5 Å². The van der Waals surface area contributed by atoms with E-state index in [0.717, 1.165) is 0 Å². The van der Waals surface area contributed by atoms with Crippen LogP contribution >= 0.6 is 0 Å². The van der Waals surface area contributed by atoms with Crippen LogP contribution in [0.1, 0.15) is 6.92 Å². The molecule has 108 valence electrons. The number of carbonyl (C=O) groups excluding carboxylic acids is 1. The monoisotopic (exact) mass is 279 g/mol. The fraction of sp³-hybridized carbons (Fsp3) is 0.462. The number of benzene rings is 1. The zero-order chi connectivity index (χ0) is 14.5. The van der Waals surface area contributed by atoms with E-state index in [4.69, 9.17) is 4.74 Å². The Hall–Kier alpha value is -2.15. The highest BCUT2D eigenvalue weighted by molar-refractivity contribution is 5.73. The summed E-state index contributed by atoms with van der Waals surface area (Å²) in [5.74, 6) is 0.0176. The number of rotatable bonds is 4. The number of para-hydroxylation sites is 2. The van der Waals surface area contributed by atoms with Crippen LogP contribution in [-0.4, -0.2) is 48.1 Å². The van der Waals surface area contributed by atoms with E-state index in [9.17, 15) is 14.9 Å². The molecule has 1 heterocycles. The van der Waals surface area contributed by atoms with Gasteiger partial charge in [-0.1, -0.05) is 12.1 Å². The number of nitro groups is 1. The highest BCUT2D eigenvalue weighted by Crippen LogP contribution is 2.23. The molecule has 2 rings (SSSR count). The van der Waals surface area contributed by atoms with Crippen LogP contribution in [0.25, 0.3) is 0 Å². The van der Waals surface area contributed by atoms with Crippen LogP contribution in [-0.2, 0) is 9.53 Å². The molecule has 1 aliphatic heterocycles. The number of amides is 1. The zero-order valence-corrected chi connectivity index (χ0v) is 11.2. The maximum atomic E-state index is 11.3. The number of ether oxygens (including phenoxy) is 1. The van der Waals surface area contributed by atoms with Crippen LogP contribution in [0.3, 0.4) is 0 Å². The Morgan fingerprint density at radius 3 is 3.00 bits per heavy atom. The zero-order valence-electron chi connectivity index (χ0n) is 11.2. The fourth-order valence-corrected chi connectivity index (χ4v) is 2.13. The Morgan fingerprint density at radius 1 is 1.55 bits per heavy atom. The highest BCUT2D eigenvalue weighted by atomic mass is 16.6. The van der Waals surface area contributed by atoms with Crippen LogP contribution in [0.2, 0.25) is 0 Å². The van der Waals surface area contributed by atoms with Crippen molar-refractivity contribution in [2.45, 2.75) is 13.0 Å². The first kappa shape index (κ1) is 14.3. The average Bonchev–Trinajstić information content (AvgIpc) is 2.45. The van der Waals surface area contributed by atoms with Crippen molar-refractivity contribution in [1.29, 1.82) is 0 Å². The quantitative estimate of drug-likeness (QED) is 0.662. The number of nitro benzene ring substituents is 1. The number of morpholine rings is 1. The van der Waals surface area contributed by atoms with E-state index in [0.29, 0.717) is 31.9 Å². The van der Waals surface area contributed by atoms with Gasteiger partial charge in [-0.2, -0.15) is 0 Å². The van der Waals surface area contributed by atoms with Crippen molar-refractivity contribution in [2.75, 3.05) is 31.6 Å². The summed E-state index contributed by atoms with van der Waals surface area (Å²) in [6.45, 7) is 3.54. The second-order valence-electron chi connectivity index (χ2n) is 4.61. The Morgan fingerprint density at radius 2 is 2.30 bits per heavy atom. The topological polar surface area (TPSA) is 84.7 Å². The van der Waals surface area contributed by atoms with Crippen LogP contribution in [0.5, 0.6) is 0 Å². The molecule has 1 aromatic carbocycles. The molecule has 0 radical (unpaired) electrons. The van der Waals surface area contributed by atoms with E-state index in [1.807, 2.05) is 0 Å². The van der Waals surface area contributed by atoms with Crippen LogP contribution in [0.4, 0.5) is 11.4 Å². The smallest absolute Gasteiger partial charge is 0.292 e. The lowest BCUT2D eigenvalue weighted by Gasteiger charge is -2.32. The minimum Gasteiger partial charge on any atom is -0.377 e. The lowest BCUT2D eigenvalue weighted by atomic mass is 10.2. The molecule has 0 bridgehead atoms. The van der Waals surface area contributed by atoms with Crippen molar-refractivity contribution in [3.63, 3.8) is 0 Å². The molecule has 1 saturated heterocycles. The summed E-state index contributed by atoms with van der Waals surface area (Å²) >= 11 is 0. The fourth-order valence-electron chi connectivity index (χ4n) is 2.13. The number of carbonyl (C=O) groups is 1. The maximum absolute atomic E-state index is 11.3. The third kappa shape index (κ3) is 3.45. The summed E-state index contributed by atoms with van der Waals surface area (Å²) in [6.07, 6.45) is -0.160. The molecule has 7 nitrogen and oxygen atoms in total. The van der Waals surface area contributed by atoms with Gasteiger partial charge >= 0.3 is 0 Å². The number of hydrogen-bond acceptors (Lipinski definition) is 5. The lowest BCUT2D eigenvalue weighted by molar-refractivity contribution is -0.384. The molecule has 0 spiro atoms. The van der Waals surface area contributed by atoms with Gasteiger partial charge in [0.2, 0.25) is 5.91 Å². The SMILES string of the molecule is CC(=O)N1CCOC(CNc2ccccc2[N+](=O)[O-])C1. The summed E-state index contributed by atoms with van der Waals surface area (Å²) in [4.78, 5) is 23.5. The molecule has 0 aromatic heterocycles. The Kier molecular flexibility index (Phi) is 4.52. The van der Waals surface area contributed by atoms with Crippen molar-refractivity contribution in [3.05, 3.63) is 34.4 Å². The Bertz CT molecular complexity index is 506. The van der Waals surface area contributed by atoms with Crippen LogP contribution in [0.15, 0.2) is 24.3 Å². The van der Waals surface area contributed by atoms with Crippen molar-refractivity contribution >= 4 is 17.3 Å². The van der Waals surface area contributed by atoms with E-state index < -0.39 is 4.92 Å². The normalized spacial score (nSPS) is 18.6. The van der Waals surface area contributed by atoms with E-state index in [1.165, 1.54) is 13.0 Å². The summed E-state index contributed by atoms with van der Waals surface area (Å²) in [7, 11) is 0. The second-order valence-corrected chi connectivity index (χ2v) is 4.61. The van der Waals surface area contributed by atoms with Gasteiger partial charge in [-0.05, 0) is 6.07 Å². The lowest BCUT2D eigenvalue weighted by Crippen LogP contribution is -2.47. The predicted octanol–water partition coefficient (Wildman–Crippen LogP) is 1.25. The molecular formula is C13H17N3O4. The largest absolute Gasteiger partial charge is 0.377 e.